The van der Waals surface area contributed by atoms with Crippen molar-refractivity contribution in [1.82, 2.24) is 0 Å². The number of fused-ring (bicyclic) bond motifs is 1. The molecule has 3 heteroatoms. The predicted molar refractivity (Wildman–Crippen MR) is 60.8 cm³/mol. The molecular weight excluding hydrogens is 204 g/mol. The average Bonchev–Trinajstić information content (AvgIpc) is 3.09. The van der Waals surface area contributed by atoms with Gasteiger partial charge in [0.2, 0.25) is 0 Å². The second-order valence-electron chi connectivity index (χ2n) is 3.96. The number of phenolic OH excluding ortho intramolecular Hbond substituents is 1. The van der Waals surface area contributed by atoms with Crippen molar-refractivity contribution >= 4 is 10.8 Å². The zero-order chi connectivity index (χ0) is 11.0. The van der Waals surface area contributed by atoms with E-state index in [1.165, 1.54) is 0 Å². The molecule has 0 amide bonds. The Morgan fingerprint density at radius 1 is 1.19 bits per heavy atom. The molecule has 2 aromatic carbocycles. The minimum absolute atomic E-state index is 0.264. The molecule has 1 N–H and O–H groups in total. The van der Waals surface area contributed by atoms with Crippen LogP contribution in [0.25, 0.3) is 10.8 Å². The zero-order valence-corrected chi connectivity index (χ0v) is 8.72. The summed E-state index contributed by atoms with van der Waals surface area (Å²) in [7, 11) is 0. The Balaban J connectivity index is 1.87. The molecule has 0 aliphatic carbocycles. The first-order valence-electron chi connectivity index (χ1n) is 5.28. The Bertz CT molecular complexity index is 518. The number of hydrogen-bond acceptors (Lipinski definition) is 3. The van der Waals surface area contributed by atoms with Crippen LogP contribution in [-0.2, 0) is 4.74 Å². The van der Waals surface area contributed by atoms with Crippen LogP contribution in [0, 0.1) is 0 Å². The van der Waals surface area contributed by atoms with E-state index in [0.29, 0.717) is 6.61 Å². The first-order valence-corrected chi connectivity index (χ1v) is 5.28. The monoisotopic (exact) mass is 216 g/mol. The molecule has 0 spiro atoms. The Hall–Kier alpha value is -1.74. The van der Waals surface area contributed by atoms with Gasteiger partial charge in [0.1, 0.15) is 24.2 Å². The van der Waals surface area contributed by atoms with E-state index < -0.39 is 0 Å². The van der Waals surface area contributed by atoms with E-state index in [0.717, 1.165) is 23.1 Å². The van der Waals surface area contributed by atoms with Crippen LogP contribution in [0.5, 0.6) is 11.5 Å². The second kappa shape index (κ2) is 3.68. The van der Waals surface area contributed by atoms with E-state index in [1.807, 2.05) is 24.3 Å². The van der Waals surface area contributed by atoms with Crippen LogP contribution in [0.1, 0.15) is 0 Å². The van der Waals surface area contributed by atoms with Gasteiger partial charge in [0.25, 0.3) is 0 Å². The van der Waals surface area contributed by atoms with Gasteiger partial charge in [-0.3, -0.25) is 0 Å². The largest absolute Gasteiger partial charge is 0.508 e. The van der Waals surface area contributed by atoms with Gasteiger partial charge < -0.3 is 14.6 Å². The minimum Gasteiger partial charge on any atom is -0.508 e. The van der Waals surface area contributed by atoms with Crippen molar-refractivity contribution < 1.29 is 14.6 Å². The molecule has 0 saturated carbocycles. The lowest BCUT2D eigenvalue weighted by atomic mass is 10.1. The van der Waals surface area contributed by atoms with Crippen molar-refractivity contribution in [1.29, 1.82) is 0 Å². The predicted octanol–water partition coefficient (Wildman–Crippen LogP) is 2.32. The molecule has 82 valence electrons. The number of epoxide rings is 1. The summed E-state index contributed by atoms with van der Waals surface area (Å²) >= 11 is 0. The Kier molecular flexibility index (Phi) is 2.18. The van der Waals surface area contributed by atoms with Crippen LogP contribution in [0.15, 0.2) is 36.4 Å². The van der Waals surface area contributed by atoms with Crippen LogP contribution in [0.3, 0.4) is 0 Å². The molecule has 1 aliphatic rings. The summed E-state index contributed by atoms with van der Waals surface area (Å²) in [6.07, 6.45) is 0.264. The summed E-state index contributed by atoms with van der Waals surface area (Å²) in [5.74, 6) is 1.09. The van der Waals surface area contributed by atoms with Crippen molar-refractivity contribution in [2.24, 2.45) is 0 Å². The summed E-state index contributed by atoms with van der Waals surface area (Å²) in [5.41, 5.74) is 0. The van der Waals surface area contributed by atoms with E-state index >= 15 is 0 Å². The Morgan fingerprint density at radius 2 is 2.00 bits per heavy atom. The smallest absolute Gasteiger partial charge is 0.120 e. The molecule has 0 bridgehead atoms. The summed E-state index contributed by atoms with van der Waals surface area (Å²) in [6.45, 7) is 1.40. The number of rotatable bonds is 3. The van der Waals surface area contributed by atoms with Gasteiger partial charge in [-0.2, -0.15) is 0 Å². The zero-order valence-electron chi connectivity index (χ0n) is 8.72. The molecule has 3 rings (SSSR count). The topological polar surface area (TPSA) is 42.0 Å². The van der Waals surface area contributed by atoms with E-state index in [2.05, 4.69) is 0 Å². The highest BCUT2D eigenvalue weighted by molar-refractivity contribution is 5.85. The van der Waals surface area contributed by atoms with Crippen LogP contribution >= 0.6 is 0 Å². The highest BCUT2D eigenvalue weighted by Crippen LogP contribution is 2.25. The maximum Gasteiger partial charge on any atom is 0.120 e. The molecular formula is C13H12O3. The molecule has 1 unspecified atom stereocenters. The van der Waals surface area contributed by atoms with Gasteiger partial charge in [-0.25, -0.2) is 0 Å². The van der Waals surface area contributed by atoms with E-state index in [1.54, 1.807) is 12.1 Å². The van der Waals surface area contributed by atoms with E-state index in [4.69, 9.17) is 9.47 Å². The van der Waals surface area contributed by atoms with Crippen molar-refractivity contribution in [3.63, 3.8) is 0 Å². The summed E-state index contributed by atoms with van der Waals surface area (Å²) in [6, 6.07) is 11.1. The number of phenols is 1. The molecule has 1 saturated heterocycles. The summed E-state index contributed by atoms with van der Waals surface area (Å²) < 4.78 is 10.6. The van der Waals surface area contributed by atoms with Gasteiger partial charge in [0.05, 0.1) is 6.61 Å². The maximum absolute atomic E-state index is 9.39. The SMILES string of the molecule is Oc1ccc2ccc(OCC3CO3)cc2c1. The first kappa shape index (κ1) is 9.48. The lowest BCUT2D eigenvalue weighted by Crippen LogP contribution is -2.03. The molecule has 16 heavy (non-hydrogen) atoms. The molecule has 1 aliphatic heterocycles. The fourth-order valence-electron chi connectivity index (χ4n) is 1.66. The fraction of sp³-hybridized carbons (Fsp3) is 0.231. The van der Waals surface area contributed by atoms with Gasteiger partial charge >= 0.3 is 0 Å². The number of benzene rings is 2. The fourth-order valence-corrected chi connectivity index (χ4v) is 1.66. The number of hydrogen-bond donors (Lipinski definition) is 1. The minimum atomic E-state index is 0.264. The van der Waals surface area contributed by atoms with E-state index in [9.17, 15) is 5.11 Å². The van der Waals surface area contributed by atoms with Crippen LogP contribution in [0.2, 0.25) is 0 Å². The van der Waals surface area contributed by atoms with Crippen LogP contribution in [0.4, 0.5) is 0 Å². The van der Waals surface area contributed by atoms with Crippen LogP contribution in [-0.4, -0.2) is 24.4 Å². The molecule has 1 atom stereocenters. The third kappa shape index (κ3) is 1.95. The molecule has 1 fully saturated rings. The molecule has 3 nitrogen and oxygen atoms in total. The maximum atomic E-state index is 9.39. The highest BCUT2D eigenvalue weighted by atomic mass is 16.6. The van der Waals surface area contributed by atoms with Crippen molar-refractivity contribution in [2.45, 2.75) is 6.10 Å². The Morgan fingerprint density at radius 3 is 2.81 bits per heavy atom. The lowest BCUT2D eigenvalue weighted by molar-refractivity contribution is 0.263. The Labute approximate surface area is 93.2 Å². The molecule has 1 heterocycles. The van der Waals surface area contributed by atoms with Gasteiger partial charge in [0, 0.05) is 0 Å². The average molecular weight is 216 g/mol. The number of ether oxygens (including phenoxy) is 2. The van der Waals surface area contributed by atoms with Gasteiger partial charge in [-0.15, -0.1) is 0 Å². The lowest BCUT2D eigenvalue weighted by Gasteiger charge is -2.05. The summed E-state index contributed by atoms with van der Waals surface area (Å²) in [5, 5.41) is 11.5. The quantitative estimate of drug-likeness (QED) is 0.800. The third-order valence-corrected chi connectivity index (χ3v) is 2.63. The van der Waals surface area contributed by atoms with Crippen LogP contribution < -0.4 is 4.74 Å². The first-order chi connectivity index (χ1) is 7.81. The molecule has 0 radical (unpaired) electrons. The van der Waals surface area contributed by atoms with Gasteiger partial charge in [0.15, 0.2) is 0 Å². The van der Waals surface area contributed by atoms with Gasteiger partial charge in [-0.1, -0.05) is 12.1 Å². The standard InChI is InChI=1S/C13H12O3/c14-11-3-1-9-2-4-12(6-10(9)5-11)15-7-13-8-16-13/h1-6,13-14H,7-8H2. The molecule has 0 aromatic heterocycles. The van der Waals surface area contributed by atoms with Crippen molar-refractivity contribution in [3.8, 4) is 11.5 Å². The van der Waals surface area contributed by atoms with Crippen molar-refractivity contribution in [3.05, 3.63) is 36.4 Å². The highest BCUT2D eigenvalue weighted by Gasteiger charge is 2.22. The van der Waals surface area contributed by atoms with Gasteiger partial charge in [-0.05, 0) is 35.0 Å². The summed E-state index contributed by atoms with van der Waals surface area (Å²) in [4.78, 5) is 0. The van der Waals surface area contributed by atoms with Crippen molar-refractivity contribution in [2.75, 3.05) is 13.2 Å². The normalized spacial score (nSPS) is 18.6. The van der Waals surface area contributed by atoms with E-state index in [-0.39, 0.29) is 11.9 Å². The third-order valence-electron chi connectivity index (χ3n) is 2.63. The second-order valence-corrected chi connectivity index (χ2v) is 3.96. The molecule has 2 aromatic rings. The number of aromatic hydroxyl groups is 1.